The van der Waals surface area contributed by atoms with Gasteiger partial charge in [-0.2, -0.15) is 0 Å². The van der Waals surface area contributed by atoms with Crippen molar-refractivity contribution in [2.45, 2.75) is 13.0 Å². The van der Waals surface area contributed by atoms with Gasteiger partial charge in [-0.3, -0.25) is 14.5 Å². The van der Waals surface area contributed by atoms with E-state index in [0.717, 1.165) is 0 Å². The number of methoxy groups -OCH3 is 1. The lowest BCUT2D eigenvalue weighted by Crippen LogP contribution is -2.31. The number of aliphatic hydroxyl groups excluding tert-OH is 1. The lowest BCUT2D eigenvalue weighted by Gasteiger charge is -2.26. The van der Waals surface area contributed by atoms with Gasteiger partial charge in [0.15, 0.2) is 22.9 Å². The van der Waals surface area contributed by atoms with Crippen LogP contribution in [0.5, 0.6) is 5.75 Å². The van der Waals surface area contributed by atoms with Gasteiger partial charge in [-0.15, -0.1) is 0 Å². The maximum absolute atomic E-state index is 13.6. The first kappa shape index (κ1) is 20.9. The Hall–Kier alpha value is -3.97. The number of hydrogen-bond donors (Lipinski definition) is 1. The molecule has 1 unspecified atom stereocenters. The molecule has 3 heterocycles. The number of amides is 1. The van der Waals surface area contributed by atoms with Crippen LogP contribution < -0.4 is 9.64 Å². The molecule has 33 heavy (non-hydrogen) atoms. The molecule has 5 rings (SSSR count). The van der Waals surface area contributed by atoms with Crippen molar-refractivity contribution in [1.29, 1.82) is 0 Å². The summed E-state index contributed by atoms with van der Waals surface area (Å²) < 4.78 is 16.7. The van der Waals surface area contributed by atoms with Crippen molar-refractivity contribution in [3.05, 3.63) is 94.3 Å². The Bertz CT molecular complexity index is 1430. The summed E-state index contributed by atoms with van der Waals surface area (Å²) in [5, 5.41) is 12.0. The number of ketones is 1. The molecule has 1 atom stereocenters. The second-order valence-electron chi connectivity index (χ2n) is 7.56. The zero-order chi connectivity index (χ0) is 23.3. The molecule has 4 aromatic rings. The van der Waals surface area contributed by atoms with E-state index in [9.17, 15) is 14.7 Å². The van der Waals surface area contributed by atoms with E-state index in [2.05, 4.69) is 0 Å². The van der Waals surface area contributed by atoms with Crippen LogP contribution in [-0.2, 0) is 4.79 Å². The van der Waals surface area contributed by atoms with Crippen LogP contribution in [0, 0.1) is 6.92 Å². The van der Waals surface area contributed by atoms with Crippen LogP contribution in [0.25, 0.3) is 11.0 Å². The van der Waals surface area contributed by atoms with E-state index in [1.807, 2.05) is 0 Å². The summed E-state index contributed by atoms with van der Waals surface area (Å²) in [6.45, 7) is 1.76. The smallest absolute Gasteiger partial charge is 0.294 e. The third-order valence-corrected chi connectivity index (χ3v) is 6.13. The molecule has 0 saturated heterocycles. The quantitative estimate of drug-likeness (QED) is 0.377. The number of Topliss-reactive ketones (excluding diaryl/α,β-unsaturated/α-hetero) is 1. The number of fused-ring (bicyclic) bond motifs is 1. The first-order chi connectivity index (χ1) is 15.9. The molecule has 0 saturated carbocycles. The fraction of sp³-hybridized carbons (Fsp3) is 0.120. The number of carbonyl (C=O) groups excluding carboxylic acids is 2. The molecule has 7 nitrogen and oxygen atoms in total. The second kappa shape index (κ2) is 7.86. The zero-order valence-electron chi connectivity index (χ0n) is 17.7. The standard InChI is InChI=1S/C25H18ClNO6/c1-13-15(26)7-4-8-16(13)27-21(17-10-5-11-32-17)20(23(29)25(27)30)22(28)19-12-14-6-3-9-18(31-2)24(14)33-19/h3-12,21,29H,1-2H3. The van der Waals surface area contributed by atoms with E-state index < -0.39 is 23.5 Å². The van der Waals surface area contributed by atoms with E-state index in [4.69, 9.17) is 25.2 Å². The zero-order valence-corrected chi connectivity index (χ0v) is 18.4. The van der Waals surface area contributed by atoms with Gasteiger partial charge in [-0.25, -0.2) is 0 Å². The van der Waals surface area contributed by atoms with Crippen molar-refractivity contribution in [2.24, 2.45) is 0 Å². The number of furan rings is 2. The SMILES string of the molecule is COc1cccc2cc(C(=O)C3=C(O)C(=O)N(c4cccc(Cl)c4C)C3c3ccco3)oc12. The lowest BCUT2D eigenvalue weighted by molar-refractivity contribution is -0.117. The lowest BCUT2D eigenvalue weighted by atomic mass is 9.99. The normalized spacial score (nSPS) is 16.2. The molecule has 0 bridgehead atoms. The molecule has 1 amide bonds. The number of halogens is 1. The van der Waals surface area contributed by atoms with Crippen LogP contribution in [-0.4, -0.2) is 23.9 Å². The minimum Gasteiger partial charge on any atom is -0.503 e. The summed E-state index contributed by atoms with van der Waals surface area (Å²) in [7, 11) is 1.50. The minimum absolute atomic E-state index is 0.0370. The van der Waals surface area contributed by atoms with Gasteiger partial charge in [0.25, 0.3) is 5.91 Å². The summed E-state index contributed by atoms with van der Waals surface area (Å²) in [6, 6.07) is 14.2. The predicted molar refractivity (Wildman–Crippen MR) is 122 cm³/mol. The van der Waals surface area contributed by atoms with E-state index in [-0.39, 0.29) is 11.3 Å². The maximum atomic E-state index is 13.6. The topological polar surface area (TPSA) is 93.1 Å². The number of para-hydroxylation sites is 1. The Morgan fingerprint density at radius 2 is 1.94 bits per heavy atom. The predicted octanol–water partition coefficient (Wildman–Crippen LogP) is 5.78. The maximum Gasteiger partial charge on any atom is 0.294 e. The molecule has 2 aromatic carbocycles. The molecule has 0 aliphatic carbocycles. The molecule has 2 aromatic heterocycles. The highest BCUT2D eigenvalue weighted by atomic mass is 35.5. The van der Waals surface area contributed by atoms with Crippen LogP contribution in [0.2, 0.25) is 5.02 Å². The van der Waals surface area contributed by atoms with Crippen LogP contribution in [0.1, 0.15) is 27.9 Å². The average molecular weight is 464 g/mol. The fourth-order valence-electron chi connectivity index (χ4n) is 4.10. The summed E-state index contributed by atoms with van der Waals surface area (Å²) >= 11 is 6.29. The molecular weight excluding hydrogens is 446 g/mol. The van der Waals surface area contributed by atoms with Gasteiger partial charge in [0.1, 0.15) is 11.8 Å². The highest BCUT2D eigenvalue weighted by molar-refractivity contribution is 6.32. The molecule has 166 valence electrons. The summed E-state index contributed by atoms with van der Waals surface area (Å²) in [6.07, 6.45) is 1.44. The van der Waals surface area contributed by atoms with Gasteiger partial charge in [0, 0.05) is 16.1 Å². The van der Waals surface area contributed by atoms with E-state index in [1.54, 1.807) is 61.5 Å². The molecule has 1 aliphatic heterocycles. The van der Waals surface area contributed by atoms with E-state index in [1.165, 1.54) is 18.3 Å². The van der Waals surface area contributed by atoms with Gasteiger partial charge >= 0.3 is 0 Å². The Morgan fingerprint density at radius 1 is 1.15 bits per heavy atom. The third-order valence-electron chi connectivity index (χ3n) is 5.72. The van der Waals surface area contributed by atoms with Crippen LogP contribution in [0.3, 0.4) is 0 Å². The molecule has 1 aliphatic rings. The minimum atomic E-state index is -1.01. The van der Waals surface area contributed by atoms with Crippen molar-refractivity contribution in [1.82, 2.24) is 0 Å². The van der Waals surface area contributed by atoms with Crippen LogP contribution in [0.4, 0.5) is 5.69 Å². The first-order valence-corrected chi connectivity index (χ1v) is 10.5. The van der Waals surface area contributed by atoms with Crippen LogP contribution in [0.15, 0.2) is 81.0 Å². The van der Waals surface area contributed by atoms with Crippen molar-refractivity contribution in [3.63, 3.8) is 0 Å². The van der Waals surface area contributed by atoms with Crippen molar-refractivity contribution < 1.29 is 28.3 Å². The highest BCUT2D eigenvalue weighted by Crippen LogP contribution is 2.44. The number of benzene rings is 2. The number of hydrogen-bond acceptors (Lipinski definition) is 6. The van der Waals surface area contributed by atoms with E-state index in [0.29, 0.717) is 38.8 Å². The first-order valence-electron chi connectivity index (χ1n) is 10.1. The monoisotopic (exact) mass is 463 g/mol. The van der Waals surface area contributed by atoms with Gasteiger partial charge < -0.3 is 18.7 Å². The van der Waals surface area contributed by atoms with Crippen molar-refractivity contribution in [3.8, 4) is 5.75 Å². The third kappa shape index (κ3) is 3.20. The Balaban J connectivity index is 1.67. The van der Waals surface area contributed by atoms with Gasteiger partial charge in [-0.1, -0.05) is 29.8 Å². The van der Waals surface area contributed by atoms with Gasteiger partial charge in [-0.05, 0) is 48.9 Å². The molecule has 1 N–H and O–H groups in total. The van der Waals surface area contributed by atoms with Gasteiger partial charge in [0.2, 0.25) is 5.78 Å². The number of rotatable bonds is 5. The molecule has 0 fully saturated rings. The molecular formula is C25H18ClNO6. The van der Waals surface area contributed by atoms with Crippen LogP contribution >= 0.6 is 11.6 Å². The number of nitrogens with zero attached hydrogens (tertiary/aromatic N) is 1. The molecule has 0 radical (unpaired) electrons. The Morgan fingerprint density at radius 3 is 2.67 bits per heavy atom. The van der Waals surface area contributed by atoms with Gasteiger partial charge in [0.05, 0.1) is 18.9 Å². The number of aliphatic hydroxyl groups is 1. The highest BCUT2D eigenvalue weighted by Gasteiger charge is 2.47. The van der Waals surface area contributed by atoms with E-state index >= 15 is 0 Å². The summed E-state index contributed by atoms with van der Waals surface area (Å²) in [5.41, 5.74) is 1.32. The average Bonchev–Trinajstić information content (AvgIpc) is 3.54. The number of carbonyl (C=O) groups is 2. The van der Waals surface area contributed by atoms with Crippen molar-refractivity contribution in [2.75, 3.05) is 12.0 Å². The number of ether oxygens (including phenoxy) is 1. The molecule has 8 heteroatoms. The fourth-order valence-corrected chi connectivity index (χ4v) is 4.27. The summed E-state index contributed by atoms with van der Waals surface area (Å²) in [4.78, 5) is 28.1. The summed E-state index contributed by atoms with van der Waals surface area (Å²) in [5.74, 6) is -1.31. The Kier molecular flexibility index (Phi) is 4.98. The second-order valence-corrected chi connectivity index (χ2v) is 7.96. The molecule has 0 spiro atoms. The van der Waals surface area contributed by atoms with Crippen molar-refractivity contribution >= 4 is 39.9 Å². The largest absolute Gasteiger partial charge is 0.503 e. The number of anilines is 1. The Labute approximate surface area is 193 Å².